The highest BCUT2D eigenvalue weighted by Gasteiger charge is 2.12. The Kier molecular flexibility index (Phi) is 11.4. The summed E-state index contributed by atoms with van der Waals surface area (Å²) in [6.45, 7) is 14.4. The van der Waals surface area contributed by atoms with Crippen molar-refractivity contribution in [1.82, 2.24) is 9.97 Å². The quantitative estimate of drug-likeness (QED) is 0.315. The summed E-state index contributed by atoms with van der Waals surface area (Å²) in [4.78, 5) is 9.44. The zero-order valence-corrected chi connectivity index (χ0v) is 21.3. The van der Waals surface area contributed by atoms with E-state index in [0.717, 1.165) is 54.9 Å². The molecule has 2 aromatic heterocycles. The summed E-state index contributed by atoms with van der Waals surface area (Å²) in [6.07, 6.45) is 14.9. The highest BCUT2D eigenvalue weighted by atomic mass is 16.5. The standard InChI is InChI=1S/C29H41N3O/c1-7-11-14-24(18-22(5)10-4)21-31-25-19-27(23(6)13-8-2)32-28(20-25)26-15-12-16-30-29(26)33-17-9-3/h11-16,18-20,22H,7-10,17,21H2,1-6H3,(H,31,32)/b14-11-,23-13+,24-18+. The van der Waals surface area contributed by atoms with Crippen molar-refractivity contribution in [2.45, 2.75) is 67.2 Å². The molecule has 0 aliphatic heterocycles. The summed E-state index contributed by atoms with van der Waals surface area (Å²) in [5.41, 5.74) is 6.28. The summed E-state index contributed by atoms with van der Waals surface area (Å²) in [5.74, 6) is 1.19. The molecule has 4 heteroatoms. The lowest BCUT2D eigenvalue weighted by atomic mass is 10.0. The van der Waals surface area contributed by atoms with E-state index in [9.17, 15) is 0 Å². The molecule has 0 aliphatic carbocycles. The van der Waals surface area contributed by atoms with Crippen LogP contribution in [0.1, 0.15) is 72.9 Å². The van der Waals surface area contributed by atoms with Crippen LogP contribution < -0.4 is 10.1 Å². The Hall–Kier alpha value is -2.88. The third kappa shape index (κ3) is 8.53. The number of nitrogens with zero attached hydrogens (tertiary/aromatic N) is 2. The predicted molar refractivity (Wildman–Crippen MR) is 143 cm³/mol. The molecular formula is C29H41N3O. The van der Waals surface area contributed by atoms with Crippen LogP contribution in [0, 0.1) is 5.92 Å². The molecule has 0 spiro atoms. The van der Waals surface area contributed by atoms with Crippen LogP contribution in [0.4, 0.5) is 5.69 Å². The summed E-state index contributed by atoms with van der Waals surface area (Å²) in [6, 6.07) is 8.21. The maximum absolute atomic E-state index is 5.92. The molecule has 1 atom stereocenters. The number of hydrogen-bond acceptors (Lipinski definition) is 4. The van der Waals surface area contributed by atoms with Gasteiger partial charge in [-0.2, -0.15) is 0 Å². The number of hydrogen-bond donors (Lipinski definition) is 1. The molecule has 2 rings (SSSR count). The second-order valence-corrected chi connectivity index (χ2v) is 8.42. The molecule has 0 radical (unpaired) electrons. The number of ether oxygens (including phenoxy) is 1. The lowest BCUT2D eigenvalue weighted by molar-refractivity contribution is 0.306. The molecule has 0 fully saturated rings. The highest BCUT2D eigenvalue weighted by Crippen LogP contribution is 2.30. The van der Waals surface area contributed by atoms with Crippen molar-refractivity contribution in [2.75, 3.05) is 18.5 Å². The molecule has 178 valence electrons. The van der Waals surface area contributed by atoms with E-state index < -0.39 is 0 Å². The molecule has 4 nitrogen and oxygen atoms in total. The zero-order chi connectivity index (χ0) is 24.1. The first kappa shape index (κ1) is 26.4. The minimum absolute atomic E-state index is 0.551. The number of allylic oxidation sites excluding steroid dienone is 4. The van der Waals surface area contributed by atoms with Crippen molar-refractivity contribution >= 4 is 11.3 Å². The monoisotopic (exact) mass is 447 g/mol. The summed E-state index contributed by atoms with van der Waals surface area (Å²) in [7, 11) is 0. The third-order valence-electron chi connectivity index (χ3n) is 5.44. The Morgan fingerprint density at radius 2 is 1.97 bits per heavy atom. The fourth-order valence-corrected chi connectivity index (χ4v) is 3.41. The predicted octanol–water partition coefficient (Wildman–Crippen LogP) is 8.10. The second kappa shape index (κ2) is 14.3. The van der Waals surface area contributed by atoms with Crippen molar-refractivity contribution in [2.24, 2.45) is 5.92 Å². The molecule has 1 unspecified atom stereocenters. The molecule has 0 saturated heterocycles. The molecule has 2 heterocycles. The van der Waals surface area contributed by atoms with E-state index in [2.05, 4.69) is 88.3 Å². The van der Waals surface area contributed by atoms with Crippen LogP contribution in [0.15, 0.2) is 60.3 Å². The number of pyridine rings is 2. The van der Waals surface area contributed by atoms with Crippen molar-refractivity contribution < 1.29 is 4.74 Å². The Morgan fingerprint density at radius 3 is 2.67 bits per heavy atom. The topological polar surface area (TPSA) is 47.0 Å². The van der Waals surface area contributed by atoms with E-state index >= 15 is 0 Å². The number of nitrogens with one attached hydrogen (secondary N) is 1. The average Bonchev–Trinajstić information content (AvgIpc) is 2.84. The molecule has 1 N–H and O–H groups in total. The van der Waals surface area contributed by atoms with Crippen LogP contribution in [-0.2, 0) is 0 Å². The molecule has 33 heavy (non-hydrogen) atoms. The van der Waals surface area contributed by atoms with Gasteiger partial charge in [-0.3, -0.25) is 0 Å². The van der Waals surface area contributed by atoms with E-state index in [1.54, 1.807) is 6.20 Å². The maximum Gasteiger partial charge on any atom is 0.222 e. The normalized spacial score (nSPS) is 13.4. The van der Waals surface area contributed by atoms with Crippen LogP contribution in [0.5, 0.6) is 5.88 Å². The minimum atomic E-state index is 0.551. The molecule has 0 amide bonds. The van der Waals surface area contributed by atoms with E-state index in [-0.39, 0.29) is 0 Å². The van der Waals surface area contributed by atoms with Crippen LogP contribution in [-0.4, -0.2) is 23.1 Å². The summed E-state index contributed by atoms with van der Waals surface area (Å²) in [5, 5.41) is 3.65. The van der Waals surface area contributed by atoms with Gasteiger partial charge >= 0.3 is 0 Å². The zero-order valence-electron chi connectivity index (χ0n) is 21.3. The summed E-state index contributed by atoms with van der Waals surface area (Å²) < 4.78 is 5.92. The van der Waals surface area contributed by atoms with E-state index in [1.165, 1.54) is 11.1 Å². The van der Waals surface area contributed by atoms with Gasteiger partial charge in [-0.15, -0.1) is 0 Å². The van der Waals surface area contributed by atoms with Gasteiger partial charge in [0.2, 0.25) is 5.88 Å². The smallest absolute Gasteiger partial charge is 0.222 e. The van der Waals surface area contributed by atoms with Crippen molar-refractivity contribution in [3.05, 3.63) is 66.0 Å². The molecular weight excluding hydrogens is 406 g/mol. The molecule has 0 saturated carbocycles. The highest BCUT2D eigenvalue weighted by molar-refractivity contribution is 5.73. The fourth-order valence-electron chi connectivity index (χ4n) is 3.41. The van der Waals surface area contributed by atoms with Gasteiger partial charge < -0.3 is 10.1 Å². The number of rotatable bonds is 13. The SMILES string of the molecule is CC/C=C\C(=C/C(C)CC)CNc1cc(/C(C)=C/CC)nc(-c2cccnc2OCCC)c1. The Bertz CT molecular complexity index is 959. The molecule has 0 aliphatic rings. The number of anilines is 1. The van der Waals surface area contributed by atoms with Gasteiger partial charge in [-0.25, -0.2) is 9.97 Å². The lowest BCUT2D eigenvalue weighted by Crippen LogP contribution is -2.07. The first-order valence-electron chi connectivity index (χ1n) is 12.4. The van der Waals surface area contributed by atoms with Crippen LogP contribution in [0.3, 0.4) is 0 Å². The van der Waals surface area contributed by atoms with Gasteiger partial charge in [-0.05, 0) is 67.5 Å². The van der Waals surface area contributed by atoms with Crippen molar-refractivity contribution in [3.8, 4) is 17.1 Å². The van der Waals surface area contributed by atoms with E-state index in [0.29, 0.717) is 18.4 Å². The van der Waals surface area contributed by atoms with Gasteiger partial charge in [0, 0.05) is 18.4 Å². The number of aromatic nitrogens is 2. The van der Waals surface area contributed by atoms with Gasteiger partial charge in [-0.1, -0.05) is 65.3 Å². The van der Waals surface area contributed by atoms with Crippen LogP contribution in [0.2, 0.25) is 0 Å². The largest absolute Gasteiger partial charge is 0.477 e. The van der Waals surface area contributed by atoms with Crippen molar-refractivity contribution in [3.63, 3.8) is 0 Å². The van der Waals surface area contributed by atoms with E-state index in [1.807, 2.05) is 12.1 Å². The average molecular weight is 448 g/mol. The lowest BCUT2D eigenvalue weighted by Gasteiger charge is -2.15. The first-order chi connectivity index (χ1) is 16.0. The minimum Gasteiger partial charge on any atom is -0.477 e. The maximum atomic E-state index is 5.92. The second-order valence-electron chi connectivity index (χ2n) is 8.42. The van der Waals surface area contributed by atoms with Gasteiger partial charge in [0.15, 0.2) is 0 Å². The van der Waals surface area contributed by atoms with Crippen LogP contribution >= 0.6 is 0 Å². The first-order valence-corrected chi connectivity index (χ1v) is 12.4. The summed E-state index contributed by atoms with van der Waals surface area (Å²) >= 11 is 0. The molecule has 0 aromatic carbocycles. The van der Waals surface area contributed by atoms with Crippen LogP contribution in [0.25, 0.3) is 16.8 Å². The molecule has 0 bridgehead atoms. The Morgan fingerprint density at radius 1 is 1.15 bits per heavy atom. The van der Waals surface area contributed by atoms with Gasteiger partial charge in [0.1, 0.15) is 0 Å². The van der Waals surface area contributed by atoms with Crippen molar-refractivity contribution in [1.29, 1.82) is 0 Å². The van der Waals surface area contributed by atoms with Gasteiger partial charge in [0.25, 0.3) is 0 Å². The van der Waals surface area contributed by atoms with E-state index in [4.69, 9.17) is 9.72 Å². The molecule has 2 aromatic rings. The Balaban J connectivity index is 2.45. The van der Waals surface area contributed by atoms with Gasteiger partial charge in [0.05, 0.1) is 23.6 Å². The fraction of sp³-hybridized carbons (Fsp3) is 0.448. The third-order valence-corrected chi connectivity index (χ3v) is 5.44. The Labute approximate surface area is 200 Å².